The standard InChI is InChI=1S/C17H16N6OS/c1-10-8-11(2)19-15(18-10)20-16-21-17-23(22-16)14(9-25-17)12-4-6-13(24-3)7-5-12/h4-9H,1-3H3,(H,18,19,20,22). The van der Waals surface area contributed by atoms with Crippen molar-refractivity contribution in [3.63, 3.8) is 0 Å². The van der Waals surface area contributed by atoms with Gasteiger partial charge in [0.25, 0.3) is 5.95 Å². The van der Waals surface area contributed by atoms with Crippen LogP contribution in [0.25, 0.3) is 16.2 Å². The fraction of sp³-hybridized carbons (Fsp3) is 0.176. The van der Waals surface area contributed by atoms with Crippen LogP contribution in [0.15, 0.2) is 35.7 Å². The van der Waals surface area contributed by atoms with Crippen molar-refractivity contribution in [3.8, 4) is 17.0 Å². The number of hydrogen-bond acceptors (Lipinski definition) is 7. The lowest BCUT2D eigenvalue weighted by atomic mass is 10.2. The van der Waals surface area contributed by atoms with E-state index in [4.69, 9.17) is 4.74 Å². The molecule has 126 valence electrons. The fourth-order valence-corrected chi connectivity index (χ4v) is 3.41. The highest BCUT2D eigenvalue weighted by atomic mass is 32.1. The number of ether oxygens (including phenoxy) is 1. The Bertz CT molecular complexity index is 1020. The van der Waals surface area contributed by atoms with Crippen molar-refractivity contribution >= 4 is 28.2 Å². The second-order valence-corrected chi connectivity index (χ2v) is 6.42. The third kappa shape index (κ3) is 3.03. The first kappa shape index (κ1) is 15.5. The maximum atomic E-state index is 5.21. The summed E-state index contributed by atoms with van der Waals surface area (Å²) in [5.74, 6) is 1.80. The van der Waals surface area contributed by atoms with Crippen LogP contribution in [0.4, 0.5) is 11.9 Å². The van der Waals surface area contributed by atoms with Gasteiger partial charge in [-0.25, -0.2) is 14.5 Å². The predicted molar refractivity (Wildman–Crippen MR) is 97.6 cm³/mol. The molecule has 0 amide bonds. The highest BCUT2D eigenvalue weighted by Crippen LogP contribution is 2.27. The van der Waals surface area contributed by atoms with Gasteiger partial charge in [-0.05, 0) is 44.2 Å². The zero-order chi connectivity index (χ0) is 17.4. The van der Waals surface area contributed by atoms with E-state index in [1.54, 1.807) is 7.11 Å². The van der Waals surface area contributed by atoms with Crippen molar-refractivity contribution in [1.29, 1.82) is 0 Å². The molecule has 0 aliphatic carbocycles. The molecular weight excluding hydrogens is 336 g/mol. The largest absolute Gasteiger partial charge is 0.497 e. The minimum Gasteiger partial charge on any atom is -0.497 e. The third-order valence-corrected chi connectivity index (χ3v) is 4.49. The number of nitrogens with zero attached hydrogens (tertiary/aromatic N) is 5. The van der Waals surface area contributed by atoms with E-state index in [0.717, 1.165) is 33.4 Å². The second kappa shape index (κ2) is 6.14. The lowest BCUT2D eigenvalue weighted by Crippen LogP contribution is -2.01. The molecular formula is C17H16N6OS. The number of nitrogens with one attached hydrogen (secondary N) is 1. The zero-order valence-corrected chi connectivity index (χ0v) is 14.8. The van der Waals surface area contributed by atoms with Gasteiger partial charge in [-0.3, -0.25) is 5.32 Å². The maximum Gasteiger partial charge on any atom is 0.250 e. The number of aromatic nitrogens is 5. The van der Waals surface area contributed by atoms with Gasteiger partial charge in [0.1, 0.15) is 5.75 Å². The Balaban J connectivity index is 1.67. The Hall–Kier alpha value is -3.00. The van der Waals surface area contributed by atoms with Crippen molar-refractivity contribution in [2.24, 2.45) is 0 Å². The van der Waals surface area contributed by atoms with Crippen LogP contribution in [0.1, 0.15) is 11.4 Å². The van der Waals surface area contributed by atoms with E-state index >= 15 is 0 Å². The van der Waals surface area contributed by atoms with Gasteiger partial charge in [-0.2, -0.15) is 4.98 Å². The maximum absolute atomic E-state index is 5.21. The second-order valence-electron chi connectivity index (χ2n) is 5.58. The van der Waals surface area contributed by atoms with Crippen molar-refractivity contribution in [2.75, 3.05) is 12.4 Å². The molecule has 3 heterocycles. The van der Waals surface area contributed by atoms with Crippen LogP contribution in [0.2, 0.25) is 0 Å². The number of hydrogen-bond donors (Lipinski definition) is 1. The molecule has 0 fully saturated rings. The number of methoxy groups -OCH3 is 1. The van der Waals surface area contributed by atoms with Crippen molar-refractivity contribution in [2.45, 2.75) is 13.8 Å². The normalized spacial score (nSPS) is 11.0. The van der Waals surface area contributed by atoms with Gasteiger partial charge in [-0.1, -0.05) is 0 Å². The number of rotatable bonds is 4. The Labute approximate surface area is 148 Å². The van der Waals surface area contributed by atoms with E-state index in [1.807, 2.05) is 54.1 Å². The smallest absolute Gasteiger partial charge is 0.250 e. The first-order valence-corrected chi connectivity index (χ1v) is 8.58. The van der Waals surface area contributed by atoms with E-state index in [-0.39, 0.29) is 0 Å². The Morgan fingerprint density at radius 1 is 1.00 bits per heavy atom. The van der Waals surface area contributed by atoms with Crippen LogP contribution < -0.4 is 10.1 Å². The van der Waals surface area contributed by atoms with E-state index in [2.05, 4.69) is 25.4 Å². The summed E-state index contributed by atoms with van der Waals surface area (Å²) in [5.41, 5.74) is 3.82. The van der Waals surface area contributed by atoms with Crippen LogP contribution in [-0.4, -0.2) is 31.7 Å². The average Bonchev–Trinajstić information content (AvgIpc) is 3.14. The first-order chi connectivity index (χ1) is 12.1. The van der Waals surface area contributed by atoms with Gasteiger partial charge in [-0.15, -0.1) is 16.4 Å². The third-order valence-electron chi connectivity index (χ3n) is 3.67. The average molecular weight is 352 g/mol. The van der Waals surface area contributed by atoms with Crippen LogP contribution >= 0.6 is 11.3 Å². The zero-order valence-electron chi connectivity index (χ0n) is 14.0. The minimum atomic E-state index is 0.478. The molecule has 0 radical (unpaired) electrons. The van der Waals surface area contributed by atoms with Crippen LogP contribution in [0.5, 0.6) is 5.75 Å². The number of aryl methyl sites for hydroxylation is 2. The molecule has 4 rings (SSSR count). The number of benzene rings is 1. The van der Waals surface area contributed by atoms with Crippen molar-refractivity contribution < 1.29 is 4.74 Å². The highest BCUT2D eigenvalue weighted by molar-refractivity contribution is 7.15. The molecule has 8 heteroatoms. The summed E-state index contributed by atoms with van der Waals surface area (Å²) in [4.78, 5) is 14.0. The molecule has 1 aromatic carbocycles. The molecule has 0 saturated heterocycles. The Kier molecular flexibility index (Phi) is 3.81. The molecule has 3 aromatic heterocycles. The summed E-state index contributed by atoms with van der Waals surface area (Å²) in [6.45, 7) is 3.86. The lowest BCUT2D eigenvalue weighted by Gasteiger charge is -2.03. The molecule has 0 saturated carbocycles. The molecule has 25 heavy (non-hydrogen) atoms. The number of fused-ring (bicyclic) bond motifs is 1. The Morgan fingerprint density at radius 2 is 1.72 bits per heavy atom. The SMILES string of the molecule is COc1ccc(-c2csc3nc(Nc4nc(C)cc(C)n4)nn23)cc1. The van der Waals surface area contributed by atoms with E-state index in [1.165, 1.54) is 11.3 Å². The summed E-state index contributed by atoms with van der Waals surface area (Å²) >= 11 is 1.53. The van der Waals surface area contributed by atoms with E-state index < -0.39 is 0 Å². The first-order valence-electron chi connectivity index (χ1n) is 7.70. The predicted octanol–water partition coefficient (Wildman–Crippen LogP) is 3.62. The summed E-state index contributed by atoms with van der Waals surface area (Å²) < 4.78 is 7.02. The molecule has 4 aromatic rings. The van der Waals surface area contributed by atoms with Crippen LogP contribution in [-0.2, 0) is 0 Å². The molecule has 0 aliphatic heterocycles. The summed E-state index contributed by atoms with van der Waals surface area (Å²) in [6, 6.07) is 9.78. The van der Waals surface area contributed by atoms with Gasteiger partial charge in [0, 0.05) is 22.3 Å². The van der Waals surface area contributed by atoms with E-state index in [9.17, 15) is 0 Å². The lowest BCUT2D eigenvalue weighted by molar-refractivity contribution is 0.415. The summed E-state index contributed by atoms with van der Waals surface area (Å²) in [6.07, 6.45) is 0. The molecule has 0 atom stereocenters. The fourth-order valence-electron chi connectivity index (χ4n) is 2.58. The summed E-state index contributed by atoms with van der Waals surface area (Å²) in [5, 5.41) is 9.66. The molecule has 0 spiro atoms. The quantitative estimate of drug-likeness (QED) is 0.604. The van der Waals surface area contributed by atoms with Crippen molar-refractivity contribution in [1.82, 2.24) is 24.6 Å². The number of thiazole rings is 1. The van der Waals surface area contributed by atoms with Crippen LogP contribution in [0.3, 0.4) is 0 Å². The van der Waals surface area contributed by atoms with Crippen molar-refractivity contribution in [3.05, 3.63) is 47.1 Å². The van der Waals surface area contributed by atoms with Gasteiger partial charge < -0.3 is 4.74 Å². The number of anilines is 2. The van der Waals surface area contributed by atoms with Gasteiger partial charge in [0.2, 0.25) is 10.9 Å². The molecule has 0 aliphatic rings. The highest BCUT2D eigenvalue weighted by Gasteiger charge is 2.12. The van der Waals surface area contributed by atoms with E-state index in [0.29, 0.717) is 11.9 Å². The topological polar surface area (TPSA) is 77.2 Å². The van der Waals surface area contributed by atoms with Gasteiger partial charge in [0.05, 0.1) is 12.8 Å². The Morgan fingerprint density at radius 3 is 2.40 bits per heavy atom. The molecule has 1 N–H and O–H groups in total. The van der Waals surface area contributed by atoms with Crippen LogP contribution in [0, 0.1) is 13.8 Å². The molecule has 0 bridgehead atoms. The minimum absolute atomic E-state index is 0.478. The van der Waals surface area contributed by atoms with Gasteiger partial charge >= 0.3 is 0 Å². The monoisotopic (exact) mass is 352 g/mol. The van der Waals surface area contributed by atoms with Gasteiger partial charge in [0.15, 0.2) is 0 Å². The molecule has 7 nitrogen and oxygen atoms in total. The molecule has 0 unspecified atom stereocenters. The summed E-state index contributed by atoms with van der Waals surface area (Å²) in [7, 11) is 1.66.